The predicted octanol–water partition coefficient (Wildman–Crippen LogP) is 3.48. The molecule has 236 valence electrons. The number of nitrogens with zero attached hydrogens (tertiary/aromatic N) is 2. The van der Waals surface area contributed by atoms with Gasteiger partial charge in [0.1, 0.15) is 17.6 Å². The summed E-state index contributed by atoms with van der Waals surface area (Å²) in [4.78, 5) is 28.5. The number of carbonyl (C=O) groups excluding carboxylic acids is 1. The molecule has 0 saturated carbocycles. The zero-order valence-electron chi connectivity index (χ0n) is 25.3. The van der Waals surface area contributed by atoms with Gasteiger partial charge >= 0.3 is 5.97 Å². The van der Waals surface area contributed by atoms with Crippen molar-refractivity contribution >= 4 is 27.6 Å². The van der Waals surface area contributed by atoms with Gasteiger partial charge in [0, 0.05) is 36.8 Å². The van der Waals surface area contributed by atoms with Gasteiger partial charge in [-0.2, -0.15) is 0 Å². The molecule has 3 aromatic carbocycles. The van der Waals surface area contributed by atoms with Gasteiger partial charge in [-0.15, -0.1) is 0 Å². The maximum absolute atomic E-state index is 13.5. The van der Waals surface area contributed by atoms with Crippen molar-refractivity contribution in [3.63, 3.8) is 0 Å². The second kappa shape index (κ2) is 14.1. The van der Waals surface area contributed by atoms with Gasteiger partial charge in [0.25, 0.3) is 10.0 Å². The number of nitrogens with one attached hydrogen (secondary N) is 1. The van der Waals surface area contributed by atoms with E-state index in [1.165, 1.54) is 19.2 Å². The molecule has 4 rings (SSSR count). The van der Waals surface area contributed by atoms with E-state index in [1.54, 1.807) is 66.4 Å². The van der Waals surface area contributed by atoms with Crippen LogP contribution in [0.5, 0.6) is 11.5 Å². The van der Waals surface area contributed by atoms with Crippen molar-refractivity contribution in [1.82, 2.24) is 9.80 Å². The number of carboxylic acid groups (broad SMARTS) is 1. The fraction of sp³-hybridized carbons (Fsp3) is 0.375. The van der Waals surface area contributed by atoms with E-state index in [9.17, 15) is 28.2 Å². The van der Waals surface area contributed by atoms with Gasteiger partial charge in [-0.05, 0) is 74.1 Å². The molecule has 0 spiro atoms. The van der Waals surface area contributed by atoms with E-state index in [-0.39, 0.29) is 47.1 Å². The van der Waals surface area contributed by atoms with Crippen LogP contribution in [0, 0.1) is 5.92 Å². The Bertz CT molecular complexity index is 1560. The van der Waals surface area contributed by atoms with Crippen LogP contribution < -0.4 is 14.2 Å². The third-order valence-electron chi connectivity index (χ3n) is 7.68. The van der Waals surface area contributed by atoms with Gasteiger partial charge in [-0.1, -0.05) is 19.1 Å². The lowest BCUT2D eigenvalue weighted by molar-refractivity contribution is -0.134. The van der Waals surface area contributed by atoms with Crippen LogP contribution in [0.15, 0.2) is 71.6 Å². The maximum Gasteiger partial charge on any atom is 0.335 e. The quantitative estimate of drug-likeness (QED) is 0.292. The molecule has 0 bridgehead atoms. The summed E-state index contributed by atoms with van der Waals surface area (Å²) in [7, 11) is -0.483. The summed E-state index contributed by atoms with van der Waals surface area (Å²) >= 11 is 0. The number of aliphatic hydroxyl groups is 1. The van der Waals surface area contributed by atoms with Crippen molar-refractivity contribution in [3.8, 4) is 11.5 Å². The minimum Gasteiger partial charge on any atom is -0.497 e. The molecule has 44 heavy (non-hydrogen) atoms. The first-order valence-electron chi connectivity index (χ1n) is 14.3. The standard InChI is InChI=1S/C32H39N3O8S/c1-21-17-35(22(2)20-36)31(37)16-25-15-26(33-44(40,41)28-12-10-27(42-4)11-13-28)9-14-29(25)43-30(21)19-34(3)18-23-5-7-24(8-6-23)32(38)39/h5-15,21-22,30,33,36H,16-20H2,1-4H3,(H,38,39)/t21-,22-,30+/m1/s1. The van der Waals surface area contributed by atoms with E-state index in [0.29, 0.717) is 36.7 Å². The number of methoxy groups -OCH3 is 1. The lowest BCUT2D eigenvalue weighted by atomic mass is 10.0. The summed E-state index contributed by atoms with van der Waals surface area (Å²) < 4.78 is 40.4. The Hall–Kier alpha value is -4.13. The van der Waals surface area contributed by atoms with Crippen LogP contribution in [0.4, 0.5) is 5.69 Å². The number of sulfonamides is 1. The molecule has 3 atom stereocenters. The molecule has 0 aliphatic carbocycles. The van der Waals surface area contributed by atoms with Gasteiger partial charge in [-0.25, -0.2) is 13.2 Å². The molecule has 0 aromatic heterocycles. The van der Waals surface area contributed by atoms with Gasteiger partial charge in [0.05, 0.1) is 36.6 Å². The summed E-state index contributed by atoms with van der Waals surface area (Å²) in [5.74, 6) is -0.302. The Kier molecular flexibility index (Phi) is 10.5. The fourth-order valence-electron chi connectivity index (χ4n) is 5.12. The SMILES string of the molecule is COc1ccc(S(=O)(=O)Nc2ccc3c(c2)CC(=O)N([C@H](C)CO)C[C@@H](C)[C@H](CN(C)Cc2ccc(C(=O)O)cc2)O3)cc1. The number of carbonyl (C=O) groups is 2. The molecule has 0 unspecified atom stereocenters. The number of ether oxygens (including phenoxy) is 2. The summed E-state index contributed by atoms with van der Waals surface area (Å²) in [5.41, 5.74) is 1.96. The van der Waals surface area contributed by atoms with Crippen LogP contribution in [-0.2, 0) is 27.8 Å². The van der Waals surface area contributed by atoms with E-state index in [0.717, 1.165) is 5.56 Å². The smallest absolute Gasteiger partial charge is 0.335 e. The first-order chi connectivity index (χ1) is 20.9. The normalized spacial score (nSPS) is 18.0. The lowest BCUT2D eigenvalue weighted by Gasteiger charge is -2.34. The van der Waals surface area contributed by atoms with E-state index in [2.05, 4.69) is 9.62 Å². The summed E-state index contributed by atoms with van der Waals surface area (Å²) in [6.45, 7) is 4.96. The lowest BCUT2D eigenvalue weighted by Crippen LogP contribution is -2.47. The maximum atomic E-state index is 13.5. The third kappa shape index (κ3) is 8.07. The number of hydrogen-bond acceptors (Lipinski definition) is 8. The van der Waals surface area contributed by atoms with Crippen LogP contribution in [-0.4, -0.2) is 86.3 Å². The number of anilines is 1. The Morgan fingerprint density at radius 2 is 1.82 bits per heavy atom. The molecule has 0 fully saturated rings. The fourth-order valence-corrected chi connectivity index (χ4v) is 6.17. The van der Waals surface area contributed by atoms with Gasteiger partial charge in [0.15, 0.2) is 0 Å². The molecule has 12 heteroatoms. The average molecular weight is 626 g/mol. The van der Waals surface area contributed by atoms with E-state index >= 15 is 0 Å². The molecule has 3 N–H and O–H groups in total. The number of likely N-dealkylation sites (N-methyl/N-ethyl adjacent to an activating group) is 1. The zero-order chi connectivity index (χ0) is 32.0. The number of carboxylic acids is 1. The topological polar surface area (TPSA) is 146 Å². The molecule has 1 amide bonds. The average Bonchev–Trinajstić information content (AvgIpc) is 3.04. The Morgan fingerprint density at radius 1 is 1.14 bits per heavy atom. The van der Waals surface area contributed by atoms with Crippen molar-refractivity contribution in [1.29, 1.82) is 0 Å². The first kappa shape index (κ1) is 32.8. The largest absolute Gasteiger partial charge is 0.497 e. The van der Waals surface area contributed by atoms with Gasteiger partial charge in [0.2, 0.25) is 5.91 Å². The Morgan fingerprint density at radius 3 is 2.43 bits per heavy atom. The molecule has 11 nitrogen and oxygen atoms in total. The minimum atomic E-state index is -3.92. The highest BCUT2D eigenvalue weighted by molar-refractivity contribution is 7.92. The van der Waals surface area contributed by atoms with Gasteiger partial charge in [-0.3, -0.25) is 14.4 Å². The Labute approximate surface area is 258 Å². The number of benzene rings is 3. The number of rotatable bonds is 11. The molecular weight excluding hydrogens is 586 g/mol. The van der Waals surface area contributed by atoms with Crippen molar-refractivity contribution in [2.24, 2.45) is 5.92 Å². The summed E-state index contributed by atoms with van der Waals surface area (Å²) in [5, 5.41) is 19.1. The van der Waals surface area contributed by atoms with Crippen LogP contribution in [0.25, 0.3) is 0 Å². The Balaban J connectivity index is 1.60. The van der Waals surface area contributed by atoms with Crippen LogP contribution in [0.3, 0.4) is 0 Å². The molecule has 3 aromatic rings. The minimum absolute atomic E-state index is 0.0387. The van der Waals surface area contributed by atoms with Crippen LogP contribution in [0.1, 0.15) is 35.3 Å². The first-order valence-corrected chi connectivity index (χ1v) is 15.8. The predicted molar refractivity (Wildman–Crippen MR) is 166 cm³/mol. The third-order valence-corrected chi connectivity index (χ3v) is 9.08. The number of fused-ring (bicyclic) bond motifs is 1. The monoisotopic (exact) mass is 625 g/mol. The van der Waals surface area contributed by atoms with E-state index in [1.807, 2.05) is 14.0 Å². The van der Waals surface area contributed by atoms with E-state index in [4.69, 9.17) is 9.47 Å². The molecule has 1 aliphatic rings. The van der Waals surface area contributed by atoms with Gasteiger partial charge < -0.3 is 24.6 Å². The number of hydrogen-bond donors (Lipinski definition) is 3. The molecule has 0 saturated heterocycles. The number of aromatic carboxylic acids is 1. The highest BCUT2D eigenvalue weighted by atomic mass is 32.2. The summed E-state index contributed by atoms with van der Waals surface area (Å²) in [6, 6.07) is 17.2. The zero-order valence-corrected chi connectivity index (χ0v) is 26.1. The second-order valence-corrected chi connectivity index (χ2v) is 12.9. The van der Waals surface area contributed by atoms with E-state index < -0.39 is 22.0 Å². The van der Waals surface area contributed by atoms with Crippen molar-refractivity contribution in [2.45, 2.75) is 43.9 Å². The van der Waals surface area contributed by atoms with Crippen molar-refractivity contribution < 1.29 is 37.7 Å². The molecule has 1 heterocycles. The van der Waals surface area contributed by atoms with Crippen LogP contribution in [0.2, 0.25) is 0 Å². The second-order valence-electron chi connectivity index (χ2n) is 11.2. The molecular formula is C32H39N3O8S. The molecule has 0 radical (unpaired) electrons. The molecule has 1 aliphatic heterocycles. The van der Waals surface area contributed by atoms with Crippen LogP contribution >= 0.6 is 0 Å². The number of aliphatic hydroxyl groups excluding tert-OH is 1. The van der Waals surface area contributed by atoms with Crippen molar-refractivity contribution in [3.05, 3.63) is 83.4 Å². The highest BCUT2D eigenvalue weighted by Crippen LogP contribution is 2.30. The summed E-state index contributed by atoms with van der Waals surface area (Å²) in [6.07, 6.45) is -0.402. The van der Waals surface area contributed by atoms with Crippen molar-refractivity contribution in [2.75, 3.05) is 38.6 Å². The number of amides is 1. The highest BCUT2D eigenvalue weighted by Gasteiger charge is 2.31.